The number of nitrogens with zero attached hydrogens (tertiary/aromatic N) is 3. The van der Waals surface area contributed by atoms with Crippen LogP contribution in [-0.2, 0) is 18.0 Å². The summed E-state index contributed by atoms with van der Waals surface area (Å²) < 4.78 is 45.7. The lowest BCUT2D eigenvalue weighted by atomic mass is 10.1. The molecule has 11 heteroatoms. The van der Waals surface area contributed by atoms with Gasteiger partial charge in [0.05, 0.1) is 40.6 Å². The highest BCUT2D eigenvalue weighted by Crippen LogP contribution is 2.36. The molecule has 1 amide bonds. The molecule has 0 radical (unpaired) electrons. The number of alkyl halides is 3. The van der Waals surface area contributed by atoms with Crippen LogP contribution >= 0.6 is 24.0 Å². The summed E-state index contributed by atoms with van der Waals surface area (Å²) in [7, 11) is 1.81. The number of halogens is 5. The van der Waals surface area contributed by atoms with Crippen molar-refractivity contribution >= 4 is 52.3 Å². The van der Waals surface area contributed by atoms with Crippen molar-refractivity contribution in [2.24, 2.45) is 7.05 Å². The van der Waals surface area contributed by atoms with Crippen LogP contribution in [0.4, 0.5) is 24.7 Å². The molecule has 1 aliphatic rings. The van der Waals surface area contributed by atoms with Gasteiger partial charge in [-0.3, -0.25) is 4.79 Å². The number of pyridine rings is 1. The first-order valence-corrected chi connectivity index (χ1v) is 9.58. The Kier molecular flexibility index (Phi) is 6.68. The fourth-order valence-electron chi connectivity index (χ4n) is 3.43. The van der Waals surface area contributed by atoms with Gasteiger partial charge in [-0.05, 0) is 24.3 Å². The molecule has 1 fully saturated rings. The Bertz CT molecular complexity index is 1110. The maximum atomic E-state index is 13.0. The van der Waals surface area contributed by atoms with Gasteiger partial charge in [-0.15, -0.1) is 12.4 Å². The van der Waals surface area contributed by atoms with Gasteiger partial charge in [-0.2, -0.15) is 13.2 Å². The van der Waals surface area contributed by atoms with Gasteiger partial charge >= 0.3 is 6.18 Å². The van der Waals surface area contributed by atoms with Crippen LogP contribution in [0.1, 0.15) is 15.9 Å². The third-order valence-corrected chi connectivity index (χ3v) is 5.30. The highest BCUT2D eigenvalue weighted by atomic mass is 35.5. The third kappa shape index (κ3) is 4.58. The van der Waals surface area contributed by atoms with Gasteiger partial charge in [0.1, 0.15) is 5.82 Å². The van der Waals surface area contributed by atoms with Gasteiger partial charge in [0.25, 0.3) is 5.91 Å². The number of aromatic nitrogens is 2. The normalized spacial score (nSPS) is 14.4. The lowest BCUT2D eigenvalue weighted by Crippen LogP contribution is -2.40. The van der Waals surface area contributed by atoms with E-state index < -0.39 is 11.7 Å². The van der Waals surface area contributed by atoms with Crippen LogP contribution in [0.5, 0.6) is 0 Å². The number of carbonyl (C=O) groups excluding carboxylic acids is 1. The Morgan fingerprint density at radius 2 is 1.94 bits per heavy atom. The molecule has 3 aromatic rings. The van der Waals surface area contributed by atoms with E-state index in [9.17, 15) is 18.0 Å². The first-order chi connectivity index (χ1) is 14.3. The summed E-state index contributed by atoms with van der Waals surface area (Å²) in [6, 6.07) is 4.86. The largest absolute Gasteiger partial charge is 0.416 e. The molecule has 0 unspecified atom stereocenters. The topological polar surface area (TPSA) is 59.4 Å². The quantitative estimate of drug-likeness (QED) is 0.587. The minimum Gasteiger partial charge on any atom is -0.378 e. The highest BCUT2D eigenvalue weighted by molar-refractivity contribution is 6.33. The molecule has 4 rings (SSSR count). The predicted octanol–water partition coefficient (Wildman–Crippen LogP) is 4.88. The molecule has 6 nitrogen and oxygen atoms in total. The lowest BCUT2D eigenvalue weighted by molar-refractivity contribution is -0.137. The SMILES string of the molecule is Cl.Cn1ccc2c(Nc3ccc(C(F)(F)F)cc3Cl)ncc(C(=O)N3CCOCC3)c21. The molecule has 3 heterocycles. The first kappa shape index (κ1) is 23.2. The summed E-state index contributed by atoms with van der Waals surface area (Å²) in [5.74, 6) is 0.252. The van der Waals surface area contributed by atoms with Gasteiger partial charge in [0.2, 0.25) is 0 Å². The zero-order chi connectivity index (χ0) is 21.5. The lowest BCUT2D eigenvalue weighted by Gasteiger charge is -2.27. The maximum absolute atomic E-state index is 13.0. The molecule has 0 spiro atoms. The molecule has 2 aromatic heterocycles. The second-order valence-electron chi connectivity index (χ2n) is 6.93. The average Bonchev–Trinajstić information content (AvgIpc) is 3.11. The van der Waals surface area contributed by atoms with Gasteiger partial charge in [0.15, 0.2) is 0 Å². The van der Waals surface area contributed by atoms with Crippen molar-refractivity contribution in [3.05, 3.63) is 52.8 Å². The summed E-state index contributed by atoms with van der Waals surface area (Å²) in [6.07, 6.45) is -1.21. The van der Waals surface area contributed by atoms with Gasteiger partial charge in [-0.1, -0.05) is 11.6 Å². The zero-order valence-corrected chi connectivity index (χ0v) is 17.9. The summed E-state index contributed by atoms with van der Waals surface area (Å²) in [5, 5.41) is 3.56. The van der Waals surface area contributed by atoms with Gasteiger partial charge in [-0.25, -0.2) is 4.98 Å². The second-order valence-corrected chi connectivity index (χ2v) is 7.34. The number of aryl methyl sites for hydroxylation is 1. The van der Waals surface area contributed by atoms with Gasteiger partial charge in [0, 0.05) is 37.9 Å². The molecular formula is C20H19Cl2F3N4O2. The number of hydrogen-bond acceptors (Lipinski definition) is 4. The molecule has 0 bridgehead atoms. The number of hydrogen-bond donors (Lipinski definition) is 1. The van der Waals surface area contributed by atoms with Crippen LogP contribution in [0.15, 0.2) is 36.7 Å². The number of amides is 1. The van der Waals surface area contributed by atoms with Crippen molar-refractivity contribution in [1.82, 2.24) is 14.5 Å². The number of anilines is 2. The number of fused-ring (bicyclic) bond motifs is 1. The summed E-state index contributed by atoms with van der Waals surface area (Å²) in [5.41, 5.74) is 0.576. The Labute approximate surface area is 187 Å². The van der Waals surface area contributed by atoms with Crippen LogP contribution < -0.4 is 5.32 Å². The monoisotopic (exact) mass is 474 g/mol. The zero-order valence-electron chi connectivity index (χ0n) is 16.4. The second kappa shape index (κ2) is 8.94. The molecule has 1 saturated heterocycles. The highest BCUT2D eigenvalue weighted by Gasteiger charge is 2.31. The molecule has 1 aromatic carbocycles. The van der Waals surface area contributed by atoms with E-state index in [-0.39, 0.29) is 29.0 Å². The van der Waals surface area contributed by atoms with E-state index >= 15 is 0 Å². The smallest absolute Gasteiger partial charge is 0.378 e. The number of morpholine rings is 1. The predicted molar refractivity (Wildman–Crippen MR) is 114 cm³/mol. The Hall–Kier alpha value is -2.49. The van der Waals surface area contributed by atoms with E-state index in [1.165, 1.54) is 12.3 Å². The summed E-state index contributed by atoms with van der Waals surface area (Å²) in [6.45, 7) is 1.99. The van der Waals surface area contributed by atoms with E-state index in [4.69, 9.17) is 16.3 Å². The molecule has 166 valence electrons. The number of carbonyl (C=O) groups is 1. The van der Waals surface area contributed by atoms with Crippen molar-refractivity contribution in [3.8, 4) is 0 Å². The van der Waals surface area contributed by atoms with Crippen LogP contribution in [0.25, 0.3) is 10.9 Å². The Balaban J connectivity index is 0.00000272. The number of rotatable bonds is 3. The first-order valence-electron chi connectivity index (χ1n) is 9.20. The van der Waals surface area contributed by atoms with Crippen molar-refractivity contribution in [2.75, 3.05) is 31.6 Å². The molecule has 0 saturated carbocycles. The summed E-state index contributed by atoms with van der Waals surface area (Å²) >= 11 is 6.06. The Morgan fingerprint density at radius 3 is 2.58 bits per heavy atom. The van der Waals surface area contributed by atoms with Crippen molar-refractivity contribution in [3.63, 3.8) is 0 Å². The van der Waals surface area contributed by atoms with Crippen LogP contribution in [-0.4, -0.2) is 46.7 Å². The summed E-state index contributed by atoms with van der Waals surface area (Å²) in [4.78, 5) is 19.1. The van der Waals surface area contributed by atoms with Crippen molar-refractivity contribution in [2.45, 2.75) is 6.18 Å². The average molecular weight is 475 g/mol. The van der Waals surface area contributed by atoms with E-state index in [1.54, 1.807) is 17.2 Å². The molecular weight excluding hydrogens is 456 g/mol. The molecule has 31 heavy (non-hydrogen) atoms. The minimum atomic E-state index is -4.48. The van der Waals surface area contributed by atoms with Gasteiger partial charge < -0.3 is 19.5 Å². The number of ether oxygens (including phenoxy) is 1. The molecule has 0 atom stereocenters. The third-order valence-electron chi connectivity index (χ3n) is 4.98. The van der Waals surface area contributed by atoms with Crippen LogP contribution in [0, 0.1) is 0 Å². The van der Waals surface area contributed by atoms with Crippen LogP contribution in [0.3, 0.4) is 0 Å². The fraction of sp³-hybridized carbons (Fsp3) is 0.300. The number of benzene rings is 1. The van der Waals surface area contributed by atoms with Crippen molar-refractivity contribution in [1.29, 1.82) is 0 Å². The fourth-order valence-corrected chi connectivity index (χ4v) is 3.66. The van der Waals surface area contributed by atoms with Crippen LogP contribution in [0.2, 0.25) is 5.02 Å². The minimum absolute atomic E-state index is 0. The van der Waals surface area contributed by atoms with Crippen molar-refractivity contribution < 1.29 is 22.7 Å². The molecule has 1 aliphatic heterocycles. The van der Waals surface area contributed by atoms with E-state index in [1.807, 2.05) is 11.6 Å². The van der Waals surface area contributed by atoms with E-state index in [0.717, 1.165) is 12.1 Å². The van der Waals surface area contributed by atoms with E-state index in [2.05, 4.69) is 10.3 Å². The van der Waals surface area contributed by atoms with E-state index in [0.29, 0.717) is 48.6 Å². The molecule has 0 aliphatic carbocycles. The maximum Gasteiger partial charge on any atom is 0.416 e. The Morgan fingerprint density at radius 1 is 1.23 bits per heavy atom. The standard InChI is InChI=1S/C20H18ClF3N4O2.ClH/c1-27-5-4-13-17(27)14(19(29)28-6-8-30-9-7-28)11-25-18(13)26-16-3-2-12(10-15(16)21)20(22,23)24;/h2-5,10-11H,6-9H2,1H3,(H,25,26);1H. The molecule has 1 N–H and O–H groups in total. The number of nitrogens with one attached hydrogen (secondary N) is 1.